The Balaban J connectivity index is 1.01. The monoisotopic (exact) mass is 1000 g/mol. The standard InChI is InChI=1S/C74H52N2S/c1-73(2)68-45-51(35-38-63(68)65-43-49-21-15-16-22-50(49)44-69(65)73)52-41-59(75(55-27-11-5-12-28-55)56-29-13-6-14-30-56)46-60(42-52)76(57-37-40-72-66(47-57)64-32-18-20-34-71(64)77-72)58-36-39-62-61-31-17-19-33-67(61)74(70(62)48-58,53-23-7-3-8-24-53)54-25-9-4-10-26-54/h3-48H,1-2H3. The van der Waals surface area contributed by atoms with E-state index in [-0.39, 0.29) is 5.41 Å². The number of para-hydroxylation sites is 2. The summed E-state index contributed by atoms with van der Waals surface area (Å²) in [5.74, 6) is 0. The zero-order valence-electron chi connectivity index (χ0n) is 42.9. The minimum absolute atomic E-state index is 0.206. The molecule has 15 rings (SSSR count). The van der Waals surface area contributed by atoms with Gasteiger partial charge in [0.05, 0.1) is 5.41 Å². The van der Waals surface area contributed by atoms with Crippen molar-refractivity contribution < 1.29 is 0 Å². The first-order valence-corrected chi connectivity index (χ1v) is 27.5. The number of fused-ring (bicyclic) bond motifs is 10. The third kappa shape index (κ3) is 7.08. The molecule has 0 saturated heterocycles. The number of rotatable bonds is 9. The molecular formula is C74H52N2S. The van der Waals surface area contributed by atoms with E-state index in [9.17, 15) is 0 Å². The van der Waals surface area contributed by atoms with Gasteiger partial charge in [-0.25, -0.2) is 0 Å². The van der Waals surface area contributed by atoms with Crippen molar-refractivity contribution in [1.29, 1.82) is 0 Å². The van der Waals surface area contributed by atoms with E-state index in [2.05, 4.69) is 303 Å². The van der Waals surface area contributed by atoms with Crippen molar-refractivity contribution in [2.45, 2.75) is 24.7 Å². The van der Waals surface area contributed by atoms with Crippen molar-refractivity contribution >= 4 is 76.4 Å². The zero-order chi connectivity index (χ0) is 51.2. The van der Waals surface area contributed by atoms with Gasteiger partial charge >= 0.3 is 0 Å². The Morgan fingerprint density at radius 2 is 0.792 bits per heavy atom. The number of benzene rings is 12. The van der Waals surface area contributed by atoms with Gasteiger partial charge in [0.25, 0.3) is 0 Å². The third-order valence-electron chi connectivity index (χ3n) is 16.6. The molecule has 0 saturated carbocycles. The van der Waals surface area contributed by atoms with Crippen molar-refractivity contribution in [1.82, 2.24) is 0 Å². The Hall–Kier alpha value is -9.28. The van der Waals surface area contributed by atoms with Crippen LogP contribution in [0.3, 0.4) is 0 Å². The van der Waals surface area contributed by atoms with Gasteiger partial charge in [0.1, 0.15) is 0 Å². The highest BCUT2D eigenvalue weighted by Gasteiger charge is 2.46. The topological polar surface area (TPSA) is 6.48 Å². The van der Waals surface area contributed by atoms with Crippen LogP contribution in [0.1, 0.15) is 47.2 Å². The van der Waals surface area contributed by atoms with E-state index in [1.54, 1.807) is 0 Å². The normalized spacial score (nSPS) is 13.5. The largest absolute Gasteiger partial charge is 0.310 e. The molecule has 0 bridgehead atoms. The molecule has 3 heteroatoms. The predicted molar refractivity (Wildman–Crippen MR) is 327 cm³/mol. The van der Waals surface area contributed by atoms with Crippen LogP contribution in [0, 0.1) is 0 Å². The summed E-state index contributed by atoms with van der Waals surface area (Å²) in [5, 5.41) is 5.08. The van der Waals surface area contributed by atoms with Crippen molar-refractivity contribution in [3.63, 3.8) is 0 Å². The maximum atomic E-state index is 2.52. The second kappa shape index (κ2) is 17.7. The molecule has 2 aliphatic rings. The van der Waals surface area contributed by atoms with Crippen LogP contribution in [0.2, 0.25) is 0 Å². The van der Waals surface area contributed by atoms with Crippen molar-refractivity contribution in [2.75, 3.05) is 9.80 Å². The first-order chi connectivity index (χ1) is 37.9. The molecule has 0 amide bonds. The average Bonchev–Trinajstić information content (AvgIpc) is 4.14. The van der Waals surface area contributed by atoms with Crippen LogP contribution in [-0.2, 0) is 10.8 Å². The van der Waals surface area contributed by atoms with Crippen LogP contribution >= 0.6 is 11.3 Å². The lowest BCUT2D eigenvalue weighted by molar-refractivity contribution is 0.661. The van der Waals surface area contributed by atoms with Crippen molar-refractivity contribution in [3.05, 3.63) is 312 Å². The summed E-state index contributed by atoms with van der Waals surface area (Å²) in [6.45, 7) is 4.79. The highest BCUT2D eigenvalue weighted by Crippen LogP contribution is 2.58. The number of hydrogen-bond acceptors (Lipinski definition) is 3. The number of anilines is 6. The predicted octanol–water partition coefficient (Wildman–Crippen LogP) is 20.5. The van der Waals surface area contributed by atoms with Crippen molar-refractivity contribution in [2.24, 2.45) is 0 Å². The Bertz CT molecular complexity index is 4350. The Morgan fingerprint density at radius 3 is 1.49 bits per heavy atom. The quantitative estimate of drug-likeness (QED) is 0.142. The van der Waals surface area contributed by atoms with E-state index in [1.165, 1.54) is 92.1 Å². The van der Waals surface area contributed by atoms with Gasteiger partial charge in [-0.2, -0.15) is 0 Å². The number of thiophene rings is 1. The molecule has 0 N–H and O–H groups in total. The fourth-order valence-corrected chi connectivity index (χ4v) is 14.2. The summed E-state index contributed by atoms with van der Waals surface area (Å²) in [5.41, 5.74) is 20.9. The number of nitrogens with zero attached hydrogens (tertiary/aromatic N) is 2. The summed E-state index contributed by atoms with van der Waals surface area (Å²) in [6.07, 6.45) is 0. The smallest absolute Gasteiger partial charge is 0.0714 e. The molecule has 1 aromatic heterocycles. The first-order valence-electron chi connectivity index (χ1n) is 26.7. The van der Waals surface area contributed by atoms with E-state index < -0.39 is 5.41 Å². The van der Waals surface area contributed by atoms with Gasteiger partial charge in [-0.1, -0.05) is 196 Å². The molecule has 0 radical (unpaired) electrons. The van der Waals surface area contributed by atoms with Crippen LogP contribution < -0.4 is 9.80 Å². The highest BCUT2D eigenvalue weighted by atomic mass is 32.1. The lowest BCUT2D eigenvalue weighted by Crippen LogP contribution is -2.28. The maximum Gasteiger partial charge on any atom is 0.0714 e. The van der Waals surface area contributed by atoms with E-state index in [0.29, 0.717) is 0 Å². The van der Waals surface area contributed by atoms with E-state index in [1.807, 2.05) is 11.3 Å². The highest BCUT2D eigenvalue weighted by molar-refractivity contribution is 7.25. The second-order valence-electron chi connectivity index (χ2n) is 21.2. The molecule has 2 aliphatic carbocycles. The van der Waals surface area contributed by atoms with Gasteiger partial charge in [-0.05, 0) is 175 Å². The lowest BCUT2D eigenvalue weighted by Gasteiger charge is -2.35. The Labute approximate surface area is 454 Å². The molecule has 364 valence electrons. The molecule has 2 nitrogen and oxygen atoms in total. The van der Waals surface area contributed by atoms with E-state index in [4.69, 9.17) is 0 Å². The van der Waals surface area contributed by atoms with Gasteiger partial charge < -0.3 is 9.80 Å². The molecule has 0 aliphatic heterocycles. The lowest BCUT2D eigenvalue weighted by atomic mass is 9.67. The van der Waals surface area contributed by atoms with Crippen molar-refractivity contribution in [3.8, 4) is 33.4 Å². The molecular weight excluding hydrogens is 949 g/mol. The molecule has 0 fully saturated rings. The van der Waals surface area contributed by atoms with Gasteiger partial charge in [-0.3, -0.25) is 0 Å². The van der Waals surface area contributed by atoms with Gasteiger partial charge in [0.2, 0.25) is 0 Å². The minimum Gasteiger partial charge on any atom is -0.310 e. The van der Waals surface area contributed by atoms with Crippen LogP contribution in [0.25, 0.3) is 64.3 Å². The summed E-state index contributed by atoms with van der Waals surface area (Å²) >= 11 is 1.86. The minimum atomic E-state index is -0.575. The third-order valence-corrected chi connectivity index (χ3v) is 17.8. The average molecular weight is 1000 g/mol. The first kappa shape index (κ1) is 45.1. The maximum absolute atomic E-state index is 2.52. The second-order valence-corrected chi connectivity index (χ2v) is 22.3. The van der Waals surface area contributed by atoms with E-state index in [0.717, 1.165) is 39.7 Å². The Kier molecular flexibility index (Phi) is 10.4. The van der Waals surface area contributed by atoms with Crippen LogP contribution in [-0.4, -0.2) is 0 Å². The molecule has 12 aromatic carbocycles. The fraction of sp³-hybridized carbons (Fsp3) is 0.0541. The van der Waals surface area contributed by atoms with Crippen LogP contribution in [0.5, 0.6) is 0 Å². The summed E-state index contributed by atoms with van der Waals surface area (Å²) in [6, 6.07) is 104. The Morgan fingerprint density at radius 1 is 0.286 bits per heavy atom. The summed E-state index contributed by atoms with van der Waals surface area (Å²) < 4.78 is 2.56. The molecule has 1 heterocycles. The molecule has 0 spiro atoms. The van der Waals surface area contributed by atoms with Crippen LogP contribution in [0.15, 0.2) is 279 Å². The number of hydrogen-bond donors (Lipinski definition) is 0. The van der Waals surface area contributed by atoms with Gasteiger partial charge in [0.15, 0.2) is 0 Å². The van der Waals surface area contributed by atoms with Crippen LogP contribution in [0.4, 0.5) is 34.1 Å². The van der Waals surface area contributed by atoms with E-state index >= 15 is 0 Å². The van der Waals surface area contributed by atoms with Gasteiger partial charge in [-0.15, -0.1) is 11.3 Å². The summed E-state index contributed by atoms with van der Waals surface area (Å²) in [7, 11) is 0. The molecule has 0 atom stereocenters. The SMILES string of the molecule is CC1(C)c2cc(-c3cc(N(c4ccccc4)c4ccccc4)cc(N(c4ccc5c(c4)C(c4ccccc4)(c4ccccc4)c4ccccc4-5)c4ccc5sc6ccccc6c5c4)c3)ccc2-c2cc3ccccc3cc21. The fourth-order valence-electron chi connectivity index (χ4n) is 13.1. The zero-order valence-corrected chi connectivity index (χ0v) is 43.7. The summed E-state index contributed by atoms with van der Waals surface area (Å²) in [4.78, 5) is 4.93. The molecule has 13 aromatic rings. The van der Waals surface area contributed by atoms with Gasteiger partial charge in [0, 0.05) is 59.7 Å². The molecule has 77 heavy (non-hydrogen) atoms. The molecule has 0 unspecified atom stereocenters.